The van der Waals surface area contributed by atoms with E-state index < -0.39 is 12.0 Å². The van der Waals surface area contributed by atoms with E-state index in [1.165, 1.54) is 0 Å². The molecule has 1 aromatic rings. The van der Waals surface area contributed by atoms with Gasteiger partial charge in [-0.2, -0.15) is 5.10 Å². The van der Waals surface area contributed by atoms with Crippen LogP contribution in [-0.2, 0) is 11.8 Å². The zero-order valence-corrected chi connectivity index (χ0v) is 10.1. The first kappa shape index (κ1) is 12.4. The highest BCUT2D eigenvalue weighted by Crippen LogP contribution is 2.34. The predicted octanol–water partition coefficient (Wildman–Crippen LogP) is 0.795. The zero-order valence-electron chi connectivity index (χ0n) is 10.1. The van der Waals surface area contributed by atoms with Crippen molar-refractivity contribution >= 4 is 17.8 Å². The molecule has 1 atom stereocenters. The molecule has 2 amide bonds. The van der Waals surface area contributed by atoms with Crippen molar-refractivity contribution in [1.82, 2.24) is 15.1 Å². The molecule has 3 N–H and O–H groups in total. The highest BCUT2D eigenvalue weighted by Gasteiger charge is 2.33. The number of hydrogen-bond donors (Lipinski definition) is 3. The van der Waals surface area contributed by atoms with Crippen LogP contribution in [0.25, 0.3) is 0 Å². The van der Waals surface area contributed by atoms with Crippen molar-refractivity contribution in [2.24, 2.45) is 13.0 Å². The number of urea groups is 1. The number of hydrogen-bond acceptors (Lipinski definition) is 3. The van der Waals surface area contributed by atoms with Gasteiger partial charge in [-0.15, -0.1) is 0 Å². The van der Waals surface area contributed by atoms with Crippen molar-refractivity contribution in [2.75, 3.05) is 5.32 Å². The fraction of sp³-hybridized carbons (Fsp3) is 0.545. The van der Waals surface area contributed by atoms with Gasteiger partial charge in [0, 0.05) is 25.4 Å². The first-order valence-corrected chi connectivity index (χ1v) is 5.83. The quantitative estimate of drug-likeness (QED) is 0.722. The topological polar surface area (TPSA) is 96.2 Å². The lowest BCUT2D eigenvalue weighted by molar-refractivity contribution is -0.137. The maximum absolute atomic E-state index is 11.7. The third-order valence-electron chi connectivity index (χ3n) is 2.86. The number of carboxylic acid groups (broad SMARTS) is 1. The molecule has 1 heterocycles. The van der Waals surface area contributed by atoms with Gasteiger partial charge in [-0.25, -0.2) is 4.79 Å². The lowest BCUT2D eigenvalue weighted by Crippen LogP contribution is -2.40. The van der Waals surface area contributed by atoms with Crippen molar-refractivity contribution in [1.29, 1.82) is 0 Å². The fourth-order valence-electron chi connectivity index (χ4n) is 1.82. The third kappa shape index (κ3) is 3.47. The molecule has 0 aliphatic heterocycles. The first-order chi connectivity index (χ1) is 8.54. The molecule has 1 aliphatic carbocycles. The van der Waals surface area contributed by atoms with E-state index in [1.54, 1.807) is 24.0 Å². The van der Waals surface area contributed by atoms with E-state index in [1.807, 2.05) is 0 Å². The van der Waals surface area contributed by atoms with E-state index in [0.29, 0.717) is 5.82 Å². The summed E-state index contributed by atoms with van der Waals surface area (Å²) in [5.74, 6) is -0.166. The molecule has 0 saturated heterocycles. The summed E-state index contributed by atoms with van der Waals surface area (Å²) in [7, 11) is 1.75. The van der Waals surface area contributed by atoms with Gasteiger partial charge in [0.2, 0.25) is 0 Å². The minimum Gasteiger partial charge on any atom is -0.481 e. The molecule has 18 heavy (non-hydrogen) atoms. The summed E-state index contributed by atoms with van der Waals surface area (Å²) in [4.78, 5) is 22.4. The van der Waals surface area contributed by atoms with E-state index in [4.69, 9.17) is 5.11 Å². The molecule has 0 bridgehead atoms. The lowest BCUT2D eigenvalue weighted by Gasteiger charge is -2.15. The fourth-order valence-corrected chi connectivity index (χ4v) is 1.82. The minimum atomic E-state index is -0.898. The van der Waals surface area contributed by atoms with Crippen molar-refractivity contribution in [3.63, 3.8) is 0 Å². The Balaban J connectivity index is 1.86. The second-order valence-electron chi connectivity index (χ2n) is 4.51. The molecule has 1 aromatic heterocycles. The van der Waals surface area contributed by atoms with Gasteiger partial charge in [-0.1, -0.05) is 0 Å². The maximum atomic E-state index is 11.7. The number of anilines is 1. The van der Waals surface area contributed by atoms with Crippen LogP contribution in [0.1, 0.15) is 19.3 Å². The van der Waals surface area contributed by atoms with Crippen molar-refractivity contribution in [2.45, 2.75) is 25.3 Å². The number of rotatable bonds is 5. The van der Waals surface area contributed by atoms with Crippen LogP contribution in [-0.4, -0.2) is 32.9 Å². The molecule has 1 fully saturated rings. The second kappa shape index (κ2) is 5.07. The number of aliphatic carboxylic acids is 1. The molecule has 1 saturated carbocycles. The zero-order chi connectivity index (χ0) is 13.1. The Morgan fingerprint density at radius 2 is 2.33 bits per heavy atom. The van der Waals surface area contributed by atoms with Crippen LogP contribution < -0.4 is 10.6 Å². The summed E-state index contributed by atoms with van der Waals surface area (Å²) in [5, 5.41) is 18.0. The van der Waals surface area contributed by atoms with Crippen LogP contribution in [0.4, 0.5) is 10.6 Å². The van der Waals surface area contributed by atoms with Crippen molar-refractivity contribution < 1.29 is 14.7 Å². The molecule has 0 radical (unpaired) electrons. The Morgan fingerprint density at radius 3 is 2.83 bits per heavy atom. The first-order valence-electron chi connectivity index (χ1n) is 5.83. The Bertz CT molecular complexity index is 453. The maximum Gasteiger partial charge on any atom is 0.320 e. The summed E-state index contributed by atoms with van der Waals surface area (Å²) in [6.07, 6.45) is 3.62. The minimum absolute atomic E-state index is 0.0414. The Morgan fingerprint density at radius 1 is 1.61 bits per heavy atom. The Labute approximate surface area is 104 Å². The highest BCUT2D eigenvalue weighted by atomic mass is 16.4. The number of nitrogens with zero attached hydrogens (tertiary/aromatic N) is 2. The smallest absolute Gasteiger partial charge is 0.320 e. The molecular formula is C11H16N4O3. The van der Waals surface area contributed by atoms with Gasteiger partial charge in [0.25, 0.3) is 0 Å². The highest BCUT2D eigenvalue weighted by molar-refractivity contribution is 5.88. The average Bonchev–Trinajstić information content (AvgIpc) is 3.02. The molecule has 7 heteroatoms. The largest absolute Gasteiger partial charge is 0.481 e. The summed E-state index contributed by atoms with van der Waals surface area (Å²) in [6, 6.07) is 0.959. The summed E-state index contributed by atoms with van der Waals surface area (Å²) < 4.78 is 1.57. The molecule has 2 rings (SSSR count). The summed E-state index contributed by atoms with van der Waals surface area (Å²) in [6.45, 7) is 0. The van der Waals surface area contributed by atoms with Crippen LogP contribution in [0, 0.1) is 5.92 Å². The van der Waals surface area contributed by atoms with E-state index in [-0.39, 0.29) is 18.4 Å². The predicted molar refractivity (Wildman–Crippen MR) is 64.1 cm³/mol. The van der Waals surface area contributed by atoms with Gasteiger partial charge in [-0.05, 0) is 18.8 Å². The van der Waals surface area contributed by atoms with Gasteiger partial charge >= 0.3 is 12.0 Å². The molecule has 0 spiro atoms. The van der Waals surface area contributed by atoms with Crippen LogP contribution in [0.5, 0.6) is 0 Å². The lowest BCUT2D eigenvalue weighted by atomic mass is 10.1. The Kier molecular flexibility index (Phi) is 3.50. The second-order valence-corrected chi connectivity index (χ2v) is 4.51. The van der Waals surface area contributed by atoms with Crippen LogP contribution in [0.15, 0.2) is 12.3 Å². The number of carbonyl (C=O) groups is 2. The van der Waals surface area contributed by atoms with Crippen LogP contribution in [0.3, 0.4) is 0 Å². The van der Waals surface area contributed by atoms with E-state index in [0.717, 1.165) is 12.8 Å². The molecular weight excluding hydrogens is 236 g/mol. The summed E-state index contributed by atoms with van der Waals surface area (Å²) in [5.41, 5.74) is 0. The molecule has 1 aliphatic rings. The van der Waals surface area contributed by atoms with Crippen LogP contribution >= 0.6 is 0 Å². The van der Waals surface area contributed by atoms with Crippen LogP contribution in [0.2, 0.25) is 0 Å². The van der Waals surface area contributed by atoms with E-state index in [9.17, 15) is 9.59 Å². The molecule has 0 aromatic carbocycles. The number of carbonyl (C=O) groups excluding carboxylic acids is 1. The standard InChI is InChI=1S/C11H16N4O3/c1-15-5-4-9(14-15)13-11(18)12-8(6-10(16)17)7-2-3-7/h4-5,7-8H,2-3,6H2,1H3,(H,16,17)(H2,12,13,14,18). The van der Waals surface area contributed by atoms with E-state index in [2.05, 4.69) is 15.7 Å². The number of amides is 2. The Hall–Kier alpha value is -2.05. The monoisotopic (exact) mass is 252 g/mol. The number of carboxylic acids is 1. The van der Waals surface area contributed by atoms with E-state index >= 15 is 0 Å². The van der Waals surface area contributed by atoms with Crippen molar-refractivity contribution in [3.05, 3.63) is 12.3 Å². The van der Waals surface area contributed by atoms with Crippen molar-refractivity contribution in [3.8, 4) is 0 Å². The summed E-state index contributed by atoms with van der Waals surface area (Å²) >= 11 is 0. The number of nitrogens with one attached hydrogen (secondary N) is 2. The average molecular weight is 252 g/mol. The molecule has 7 nitrogen and oxygen atoms in total. The van der Waals surface area contributed by atoms with Gasteiger partial charge in [0.1, 0.15) is 0 Å². The van der Waals surface area contributed by atoms with Gasteiger partial charge < -0.3 is 10.4 Å². The SMILES string of the molecule is Cn1ccc(NC(=O)NC(CC(=O)O)C2CC2)n1. The third-order valence-corrected chi connectivity index (χ3v) is 2.86. The normalized spacial score (nSPS) is 16.1. The molecule has 98 valence electrons. The van der Waals surface area contributed by atoms with Gasteiger partial charge in [0.05, 0.1) is 6.42 Å². The van der Waals surface area contributed by atoms with Gasteiger partial charge in [0.15, 0.2) is 5.82 Å². The molecule has 1 unspecified atom stereocenters. The number of aryl methyl sites for hydroxylation is 1. The van der Waals surface area contributed by atoms with Gasteiger partial charge in [-0.3, -0.25) is 14.8 Å². The number of aromatic nitrogens is 2.